The van der Waals surface area contributed by atoms with E-state index in [1.807, 2.05) is 18.2 Å². The first-order valence-electron chi connectivity index (χ1n) is 6.41. The molecule has 4 heteroatoms. The van der Waals surface area contributed by atoms with Crippen LogP contribution in [0.15, 0.2) is 18.2 Å². The number of aryl methyl sites for hydroxylation is 1. The number of likely N-dealkylation sites (tertiary alicyclic amines) is 1. The van der Waals surface area contributed by atoms with Crippen molar-refractivity contribution in [3.63, 3.8) is 0 Å². The van der Waals surface area contributed by atoms with Crippen LogP contribution in [0.25, 0.3) is 0 Å². The summed E-state index contributed by atoms with van der Waals surface area (Å²) in [6.07, 6.45) is 3.74. The first-order chi connectivity index (χ1) is 8.58. The third-order valence-electron chi connectivity index (χ3n) is 3.51. The summed E-state index contributed by atoms with van der Waals surface area (Å²) in [4.78, 5) is 2.28. The Labute approximate surface area is 119 Å². The van der Waals surface area contributed by atoms with E-state index in [1.54, 1.807) is 0 Å². The molecule has 0 spiro atoms. The summed E-state index contributed by atoms with van der Waals surface area (Å²) in [5, 5.41) is 4.87. The van der Waals surface area contributed by atoms with Crippen molar-refractivity contribution in [2.24, 2.45) is 0 Å². The molecule has 98 valence electrons. The molecule has 2 nitrogen and oxygen atoms in total. The number of anilines is 1. The van der Waals surface area contributed by atoms with E-state index in [9.17, 15) is 0 Å². The van der Waals surface area contributed by atoms with Gasteiger partial charge < -0.3 is 10.2 Å². The molecule has 1 N–H and O–H groups in total. The number of rotatable bonds is 1. The summed E-state index contributed by atoms with van der Waals surface area (Å²) in [5.41, 5.74) is 2.16. The van der Waals surface area contributed by atoms with E-state index in [2.05, 4.69) is 24.1 Å². The van der Waals surface area contributed by atoms with Gasteiger partial charge in [-0.05, 0) is 63.0 Å². The Morgan fingerprint density at radius 1 is 1.44 bits per heavy atom. The maximum absolute atomic E-state index is 6.02. The van der Waals surface area contributed by atoms with Gasteiger partial charge in [0.15, 0.2) is 5.11 Å². The number of benzene rings is 1. The summed E-state index contributed by atoms with van der Waals surface area (Å²) < 4.78 is 0. The Hall–Kier alpha value is -0.800. The maximum atomic E-state index is 6.02. The zero-order valence-electron chi connectivity index (χ0n) is 10.9. The highest BCUT2D eigenvalue weighted by Crippen LogP contribution is 2.22. The molecule has 2 rings (SSSR count). The van der Waals surface area contributed by atoms with E-state index < -0.39 is 0 Å². The van der Waals surface area contributed by atoms with Gasteiger partial charge in [0.2, 0.25) is 0 Å². The Morgan fingerprint density at radius 2 is 2.22 bits per heavy atom. The van der Waals surface area contributed by atoms with Crippen LogP contribution in [-0.2, 0) is 0 Å². The van der Waals surface area contributed by atoms with Crippen LogP contribution in [0.3, 0.4) is 0 Å². The normalized spacial score (nSPS) is 19.7. The van der Waals surface area contributed by atoms with E-state index in [-0.39, 0.29) is 0 Å². The molecule has 1 fully saturated rings. The molecule has 0 aromatic heterocycles. The van der Waals surface area contributed by atoms with Gasteiger partial charge in [0.05, 0.1) is 0 Å². The van der Waals surface area contributed by atoms with Crippen molar-refractivity contribution in [1.29, 1.82) is 0 Å². The van der Waals surface area contributed by atoms with Crippen LogP contribution < -0.4 is 5.32 Å². The fraction of sp³-hybridized carbons (Fsp3) is 0.500. The quantitative estimate of drug-likeness (QED) is 0.777. The summed E-state index contributed by atoms with van der Waals surface area (Å²) in [6.45, 7) is 5.34. The molecule has 1 saturated heterocycles. The van der Waals surface area contributed by atoms with Crippen LogP contribution in [-0.4, -0.2) is 22.6 Å². The molecule has 1 aromatic carbocycles. The van der Waals surface area contributed by atoms with Gasteiger partial charge in [-0.25, -0.2) is 0 Å². The number of halogens is 1. The molecule has 1 aliphatic rings. The molecule has 0 aliphatic carbocycles. The van der Waals surface area contributed by atoms with E-state index in [4.69, 9.17) is 23.8 Å². The summed E-state index contributed by atoms with van der Waals surface area (Å²) >= 11 is 11.5. The lowest BCUT2D eigenvalue weighted by Gasteiger charge is -2.35. The molecule has 1 atom stereocenters. The van der Waals surface area contributed by atoms with Gasteiger partial charge in [-0.2, -0.15) is 0 Å². The average molecular weight is 283 g/mol. The average Bonchev–Trinajstić information content (AvgIpc) is 2.34. The largest absolute Gasteiger partial charge is 0.346 e. The number of nitrogens with one attached hydrogen (secondary N) is 1. The minimum atomic E-state index is 0.526. The highest BCUT2D eigenvalue weighted by molar-refractivity contribution is 7.80. The molecule has 0 saturated carbocycles. The van der Waals surface area contributed by atoms with Gasteiger partial charge in [-0.1, -0.05) is 17.7 Å². The zero-order valence-corrected chi connectivity index (χ0v) is 12.4. The fourth-order valence-electron chi connectivity index (χ4n) is 2.32. The standard InChI is InChI=1S/C14H19ClN2S/c1-10-6-7-12(15)9-13(10)16-14(18)17-8-4-3-5-11(17)2/h6-7,9,11H,3-5,8H2,1-2H3,(H,16,18). The molecule has 1 aromatic rings. The van der Waals surface area contributed by atoms with Gasteiger partial charge in [0.1, 0.15) is 0 Å². The lowest BCUT2D eigenvalue weighted by molar-refractivity contribution is 0.262. The second-order valence-corrected chi connectivity index (χ2v) is 5.75. The lowest BCUT2D eigenvalue weighted by atomic mass is 10.0. The van der Waals surface area contributed by atoms with Crippen LogP contribution in [0.2, 0.25) is 5.02 Å². The van der Waals surface area contributed by atoms with Crippen molar-refractivity contribution in [2.45, 2.75) is 39.2 Å². The zero-order chi connectivity index (χ0) is 13.1. The Kier molecular flexibility index (Phi) is 4.46. The smallest absolute Gasteiger partial charge is 0.173 e. The van der Waals surface area contributed by atoms with E-state index in [0.717, 1.165) is 27.9 Å². The van der Waals surface area contributed by atoms with Gasteiger partial charge in [0.25, 0.3) is 0 Å². The monoisotopic (exact) mass is 282 g/mol. The SMILES string of the molecule is Cc1ccc(Cl)cc1NC(=S)N1CCCCC1C. The third-order valence-corrected chi connectivity index (χ3v) is 4.08. The van der Waals surface area contributed by atoms with Gasteiger partial charge >= 0.3 is 0 Å². The highest BCUT2D eigenvalue weighted by atomic mass is 35.5. The Morgan fingerprint density at radius 3 is 2.94 bits per heavy atom. The Bertz CT molecular complexity index is 447. The first kappa shape index (κ1) is 13.6. The third kappa shape index (κ3) is 3.15. The van der Waals surface area contributed by atoms with Crippen LogP contribution in [0.5, 0.6) is 0 Å². The molecule has 0 bridgehead atoms. The fourth-order valence-corrected chi connectivity index (χ4v) is 2.87. The highest BCUT2D eigenvalue weighted by Gasteiger charge is 2.20. The number of nitrogens with zero attached hydrogens (tertiary/aromatic N) is 1. The van der Waals surface area contributed by atoms with Crippen molar-refractivity contribution in [1.82, 2.24) is 4.90 Å². The number of hydrogen-bond acceptors (Lipinski definition) is 1. The van der Waals surface area contributed by atoms with Crippen LogP contribution in [0.4, 0.5) is 5.69 Å². The van der Waals surface area contributed by atoms with Crippen molar-refractivity contribution >= 4 is 34.6 Å². The first-order valence-corrected chi connectivity index (χ1v) is 7.20. The van der Waals surface area contributed by atoms with Gasteiger partial charge in [-0.3, -0.25) is 0 Å². The molecular formula is C14H19ClN2S. The molecule has 0 amide bonds. The second-order valence-electron chi connectivity index (χ2n) is 4.93. The van der Waals surface area contributed by atoms with Crippen molar-refractivity contribution in [2.75, 3.05) is 11.9 Å². The van der Waals surface area contributed by atoms with E-state index >= 15 is 0 Å². The van der Waals surface area contributed by atoms with Crippen molar-refractivity contribution in [3.8, 4) is 0 Å². The van der Waals surface area contributed by atoms with Crippen LogP contribution >= 0.6 is 23.8 Å². The predicted molar refractivity (Wildman–Crippen MR) is 82.4 cm³/mol. The van der Waals surface area contributed by atoms with Crippen LogP contribution in [0.1, 0.15) is 31.7 Å². The molecule has 0 radical (unpaired) electrons. The topological polar surface area (TPSA) is 15.3 Å². The second kappa shape index (κ2) is 5.89. The molecule has 18 heavy (non-hydrogen) atoms. The van der Waals surface area contributed by atoms with Gasteiger partial charge in [-0.15, -0.1) is 0 Å². The molecule has 1 heterocycles. The summed E-state index contributed by atoms with van der Waals surface area (Å²) in [7, 11) is 0. The molecular weight excluding hydrogens is 264 g/mol. The molecule has 1 unspecified atom stereocenters. The minimum Gasteiger partial charge on any atom is -0.346 e. The number of hydrogen-bond donors (Lipinski definition) is 1. The summed E-state index contributed by atoms with van der Waals surface area (Å²) in [5.74, 6) is 0. The molecule has 1 aliphatic heterocycles. The van der Waals surface area contributed by atoms with Gasteiger partial charge in [0, 0.05) is 23.3 Å². The summed E-state index contributed by atoms with van der Waals surface area (Å²) in [6, 6.07) is 6.36. The van der Waals surface area contributed by atoms with Crippen molar-refractivity contribution in [3.05, 3.63) is 28.8 Å². The van der Waals surface area contributed by atoms with Crippen molar-refractivity contribution < 1.29 is 0 Å². The van der Waals surface area contributed by atoms with Crippen LogP contribution in [0, 0.1) is 6.92 Å². The lowest BCUT2D eigenvalue weighted by Crippen LogP contribution is -2.44. The minimum absolute atomic E-state index is 0.526. The Balaban J connectivity index is 2.08. The number of thiocarbonyl (C=S) groups is 1. The number of piperidine rings is 1. The predicted octanol–water partition coefficient (Wildman–Crippen LogP) is 4.22. The van der Waals surface area contributed by atoms with E-state index in [0.29, 0.717) is 6.04 Å². The van der Waals surface area contributed by atoms with E-state index in [1.165, 1.54) is 19.3 Å². The maximum Gasteiger partial charge on any atom is 0.173 e.